The van der Waals surface area contributed by atoms with Crippen molar-refractivity contribution in [2.24, 2.45) is 0 Å². The van der Waals surface area contributed by atoms with Gasteiger partial charge in [0.1, 0.15) is 12.4 Å². The predicted octanol–water partition coefficient (Wildman–Crippen LogP) is 5.21. The summed E-state index contributed by atoms with van der Waals surface area (Å²) in [7, 11) is 0. The number of hydrogen-bond donors (Lipinski definition) is 0. The van der Waals surface area contributed by atoms with E-state index in [1.54, 1.807) is 27.9 Å². The van der Waals surface area contributed by atoms with Crippen molar-refractivity contribution in [2.75, 3.05) is 31.1 Å². The average molecular weight is 491 g/mol. The van der Waals surface area contributed by atoms with Gasteiger partial charge in [0.2, 0.25) is 0 Å². The third-order valence-corrected chi connectivity index (χ3v) is 6.19. The molecule has 0 saturated carbocycles. The Morgan fingerprint density at radius 1 is 0.914 bits per heavy atom. The van der Waals surface area contributed by atoms with Gasteiger partial charge >= 0.3 is 0 Å². The molecule has 0 radical (unpaired) electrons. The van der Waals surface area contributed by atoms with Gasteiger partial charge in [0.25, 0.3) is 5.91 Å². The average Bonchev–Trinajstić information content (AvgIpc) is 3.32. The highest BCUT2D eigenvalue weighted by atomic mass is 35.5. The fraction of sp³-hybridized carbons (Fsp3) is 0.185. The maximum absolute atomic E-state index is 13.5. The summed E-state index contributed by atoms with van der Waals surface area (Å²) in [6.07, 6.45) is 1.67. The zero-order valence-electron chi connectivity index (χ0n) is 19.0. The molecule has 1 aliphatic heterocycles. The summed E-state index contributed by atoms with van der Waals surface area (Å²) in [5.74, 6) is -0.143. The van der Waals surface area contributed by atoms with E-state index in [4.69, 9.17) is 16.3 Å². The normalized spacial score (nSPS) is 13.7. The van der Waals surface area contributed by atoms with Gasteiger partial charge in [-0.3, -0.25) is 4.79 Å². The van der Waals surface area contributed by atoms with Crippen molar-refractivity contribution in [1.29, 1.82) is 0 Å². The highest BCUT2D eigenvalue weighted by Gasteiger charge is 2.27. The minimum Gasteiger partial charge on any atom is -0.485 e. The Morgan fingerprint density at radius 2 is 1.66 bits per heavy atom. The second-order valence-corrected chi connectivity index (χ2v) is 8.73. The van der Waals surface area contributed by atoms with Gasteiger partial charge in [0.15, 0.2) is 11.4 Å². The Hall–Kier alpha value is -3.84. The first-order chi connectivity index (χ1) is 17.1. The molecule has 1 aliphatic rings. The molecule has 0 spiro atoms. The van der Waals surface area contributed by atoms with Crippen LogP contribution in [0.1, 0.15) is 16.1 Å². The number of nitrogens with zero attached hydrogens (tertiary/aromatic N) is 4. The van der Waals surface area contributed by atoms with E-state index in [0.29, 0.717) is 49.2 Å². The molecule has 2 heterocycles. The lowest BCUT2D eigenvalue weighted by Crippen LogP contribution is -2.49. The first-order valence-electron chi connectivity index (χ1n) is 11.4. The van der Waals surface area contributed by atoms with Crippen LogP contribution in [0.3, 0.4) is 0 Å². The van der Waals surface area contributed by atoms with Crippen molar-refractivity contribution in [2.45, 2.75) is 6.61 Å². The Balaban J connectivity index is 1.35. The topological polar surface area (TPSA) is 50.6 Å². The highest BCUT2D eigenvalue weighted by molar-refractivity contribution is 6.30. The molecule has 5 rings (SSSR count). The maximum atomic E-state index is 13.5. The van der Waals surface area contributed by atoms with Crippen LogP contribution in [0.15, 0.2) is 85.1 Å². The second-order valence-electron chi connectivity index (χ2n) is 8.30. The van der Waals surface area contributed by atoms with Gasteiger partial charge in [-0.2, -0.15) is 5.10 Å². The molecule has 1 amide bonds. The van der Waals surface area contributed by atoms with E-state index < -0.39 is 0 Å². The van der Waals surface area contributed by atoms with E-state index in [2.05, 4.69) is 10.00 Å². The number of ether oxygens (including phenoxy) is 1. The summed E-state index contributed by atoms with van der Waals surface area (Å²) in [5, 5.41) is 5.22. The first kappa shape index (κ1) is 22.9. The summed E-state index contributed by atoms with van der Waals surface area (Å²) in [5.41, 5.74) is 2.90. The molecule has 0 bridgehead atoms. The minimum absolute atomic E-state index is 0.195. The quantitative estimate of drug-likeness (QED) is 0.372. The van der Waals surface area contributed by atoms with Crippen LogP contribution in [0.2, 0.25) is 5.02 Å². The van der Waals surface area contributed by atoms with E-state index in [1.807, 2.05) is 54.6 Å². The highest BCUT2D eigenvalue weighted by Crippen LogP contribution is 2.25. The molecular formula is C27H24ClFN4O2. The standard InChI is InChI=1S/C27H24ClFN4O2/c28-21-7-4-8-24(17-21)31-13-15-32(16-14-31)27(34)26-25(35-19-20-5-2-1-3-6-20)18-33(30-26)23-11-9-22(29)10-12-23/h1-12,17-18H,13-16,19H2. The maximum Gasteiger partial charge on any atom is 0.278 e. The van der Waals surface area contributed by atoms with Crippen LogP contribution in [0.5, 0.6) is 5.75 Å². The third-order valence-electron chi connectivity index (χ3n) is 5.95. The molecule has 6 nitrogen and oxygen atoms in total. The summed E-state index contributed by atoms with van der Waals surface area (Å²) >= 11 is 6.14. The fourth-order valence-corrected chi connectivity index (χ4v) is 4.25. The van der Waals surface area contributed by atoms with Crippen molar-refractivity contribution in [1.82, 2.24) is 14.7 Å². The molecule has 35 heavy (non-hydrogen) atoms. The second kappa shape index (κ2) is 10.2. The van der Waals surface area contributed by atoms with Crippen LogP contribution in [-0.2, 0) is 6.61 Å². The Bertz CT molecular complexity index is 1300. The third kappa shape index (κ3) is 5.30. The minimum atomic E-state index is -0.338. The lowest BCUT2D eigenvalue weighted by atomic mass is 10.2. The molecule has 4 aromatic rings. The lowest BCUT2D eigenvalue weighted by Gasteiger charge is -2.36. The summed E-state index contributed by atoms with van der Waals surface area (Å²) in [6, 6.07) is 23.4. The van der Waals surface area contributed by atoms with Gasteiger partial charge in [-0.25, -0.2) is 9.07 Å². The summed E-state index contributed by atoms with van der Waals surface area (Å²) < 4.78 is 21.0. The molecule has 0 unspecified atom stereocenters. The fourth-order valence-electron chi connectivity index (χ4n) is 4.06. The molecular weight excluding hydrogens is 467 g/mol. The molecule has 0 atom stereocenters. The molecule has 178 valence electrons. The van der Waals surface area contributed by atoms with E-state index >= 15 is 0 Å². The van der Waals surface area contributed by atoms with Crippen molar-refractivity contribution >= 4 is 23.2 Å². The van der Waals surface area contributed by atoms with E-state index in [-0.39, 0.29) is 17.4 Å². The number of aromatic nitrogens is 2. The van der Waals surface area contributed by atoms with Crippen LogP contribution >= 0.6 is 11.6 Å². The zero-order chi connectivity index (χ0) is 24.2. The Labute approximate surface area is 208 Å². The zero-order valence-corrected chi connectivity index (χ0v) is 19.7. The van der Waals surface area contributed by atoms with Crippen LogP contribution in [0.4, 0.5) is 10.1 Å². The van der Waals surface area contributed by atoms with E-state index in [1.165, 1.54) is 12.1 Å². The molecule has 8 heteroatoms. The molecule has 0 aliphatic carbocycles. The predicted molar refractivity (Wildman–Crippen MR) is 134 cm³/mol. The number of carbonyl (C=O) groups is 1. The van der Waals surface area contributed by atoms with Crippen LogP contribution in [0, 0.1) is 5.82 Å². The number of halogens is 2. The van der Waals surface area contributed by atoms with Crippen molar-refractivity contribution < 1.29 is 13.9 Å². The largest absolute Gasteiger partial charge is 0.485 e. The SMILES string of the molecule is O=C(c1nn(-c2ccc(F)cc2)cc1OCc1ccccc1)N1CCN(c2cccc(Cl)c2)CC1. The molecule has 0 N–H and O–H groups in total. The van der Waals surface area contributed by atoms with Gasteiger partial charge in [0, 0.05) is 36.9 Å². The first-order valence-corrected chi connectivity index (χ1v) is 11.8. The van der Waals surface area contributed by atoms with Gasteiger partial charge < -0.3 is 14.5 Å². The smallest absolute Gasteiger partial charge is 0.278 e. The summed E-state index contributed by atoms with van der Waals surface area (Å²) in [6.45, 7) is 2.77. The monoisotopic (exact) mass is 490 g/mol. The van der Waals surface area contributed by atoms with Crippen molar-refractivity contribution in [3.63, 3.8) is 0 Å². The van der Waals surface area contributed by atoms with E-state index in [0.717, 1.165) is 11.3 Å². The van der Waals surface area contributed by atoms with Crippen molar-refractivity contribution in [3.8, 4) is 11.4 Å². The van der Waals surface area contributed by atoms with Gasteiger partial charge in [0.05, 0.1) is 11.9 Å². The van der Waals surface area contributed by atoms with Crippen LogP contribution in [0.25, 0.3) is 5.69 Å². The number of amides is 1. The van der Waals surface area contributed by atoms with Gasteiger partial charge in [-0.1, -0.05) is 48.0 Å². The summed E-state index contributed by atoms with van der Waals surface area (Å²) in [4.78, 5) is 17.5. The number of rotatable bonds is 6. The number of hydrogen-bond acceptors (Lipinski definition) is 4. The molecule has 1 aromatic heterocycles. The van der Waals surface area contributed by atoms with Crippen LogP contribution in [-0.4, -0.2) is 46.8 Å². The molecule has 1 saturated heterocycles. The van der Waals surface area contributed by atoms with Gasteiger partial charge in [-0.05, 0) is 48.0 Å². The van der Waals surface area contributed by atoms with E-state index in [9.17, 15) is 9.18 Å². The number of benzene rings is 3. The lowest BCUT2D eigenvalue weighted by molar-refractivity contribution is 0.0735. The van der Waals surface area contributed by atoms with Crippen molar-refractivity contribution in [3.05, 3.63) is 107 Å². The Morgan fingerprint density at radius 3 is 2.37 bits per heavy atom. The Kier molecular flexibility index (Phi) is 6.68. The van der Waals surface area contributed by atoms with Crippen LogP contribution < -0.4 is 9.64 Å². The van der Waals surface area contributed by atoms with Gasteiger partial charge in [-0.15, -0.1) is 0 Å². The molecule has 3 aromatic carbocycles. The number of carbonyl (C=O) groups excluding carboxylic acids is 1. The molecule has 1 fully saturated rings. The number of piperazine rings is 1. The number of anilines is 1.